The molecular formula is C12H12Cl5NS. The molecule has 106 valence electrons. The number of hydrogen-bond acceptors (Lipinski definition) is 2. The van der Waals surface area contributed by atoms with Crippen molar-refractivity contribution in [1.29, 1.82) is 0 Å². The Hall–Kier alpha value is 0.980. The molecule has 1 fully saturated rings. The van der Waals surface area contributed by atoms with Crippen LogP contribution in [0.3, 0.4) is 0 Å². The third-order valence-electron chi connectivity index (χ3n) is 3.10. The average Bonchev–Trinajstić information content (AvgIpc) is 2.44. The summed E-state index contributed by atoms with van der Waals surface area (Å²) in [5.41, 5.74) is 0. The van der Waals surface area contributed by atoms with Crippen molar-refractivity contribution in [2.45, 2.75) is 43.0 Å². The summed E-state index contributed by atoms with van der Waals surface area (Å²) in [7, 11) is 0. The van der Waals surface area contributed by atoms with Crippen molar-refractivity contribution in [2.75, 3.05) is 0 Å². The molecule has 7 heteroatoms. The Morgan fingerprint density at radius 2 is 1.21 bits per heavy atom. The quantitative estimate of drug-likeness (QED) is 0.349. The maximum atomic E-state index is 6.17. The van der Waals surface area contributed by atoms with Crippen LogP contribution in [-0.2, 0) is 0 Å². The molecule has 0 spiro atoms. The lowest BCUT2D eigenvalue weighted by molar-refractivity contribution is 0.423. The predicted molar refractivity (Wildman–Crippen MR) is 87.4 cm³/mol. The molecule has 19 heavy (non-hydrogen) atoms. The SMILES string of the molecule is Clc1c(Cl)c(Cl)c(SNC2CCCCC2)c(Cl)c1Cl. The zero-order valence-corrected chi connectivity index (χ0v) is 14.5. The first-order chi connectivity index (χ1) is 9.02. The van der Waals surface area contributed by atoms with Gasteiger partial charge in [-0.3, -0.25) is 4.72 Å². The Balaban J connectivity index is 2.15. The van der Waals surface area contributed by atoms with E-state index >= 15 is 0 Å². The van der Waals surface area contributed by atoms with Gasteiger partial charge in [-0.05, 0) is 24.8 Å². The highest BCUT2D eigenvalue weighted by atomic mass is 35.5. The van der Waals surface area contributed by atoms with Gasteiger partial charge in [0.25, 0.3) is 0 Å². The van der Waals surface area contributed by atoms with Crippen LogP contribution < -0.4 is 4.72 Å². The first-order valence-corrected chi connectivity index (χ1v) is 8.66. The van der Waals surface area contributed by atoms with Gasteiger partial charge in [0.2, 0.25) is 0 Å². The molecule has 1 N–H and O–H groups in total. The second-order valence-electron chi connectivity index (χ2n) is 4.45. The van der Waals surface area contributed by atoms with Crippen LogP contribution in [0, 0.1) is 0 Å². The van der Waals surface area contributed by atoms with Crippen molar-refractivity contribution >= 4 is 70.0 Å². The van der Waals surface area contributed by atoms with Crippen molar-refractivity contribution in [1.82, 2.24) is 4.72 Å². The number of hydrogen-bond donors (Lipinski definition) is 1. The summed E-state index contributed by atoms with van der Waals surface area (Å²) >= 11 is 31.7. The monoisotopic (exact) mass is 377 g/mol. The van der Waals surface area contributed by atoms with Crippen LogP contribution in [0.5, 0.6) is 0 Å². The zero-order chi connectivity index (χ0) is 14.0. The second-order valence-corrected chi connectivity index (χ2v) is 7.19. The molecule has 0 saturated heterocycles. The minimum atomic E-state index is 0.195. The molecule has 1 aliphatic carbocycles. The van der Waals surface area contributed by atoms with Crippen molar-refractivity contribution in [3.05, 3.63) is 25.1 Å². The van der Waals surface area contributed by atoms with Gasteiger partial charge in [-0.2, -0.15) is 0 Å². The summed E-state index contributed by atoms with van der Waals surface area (Å²) in [4.78, 5) is 0.633. The van der Waals surface area contributed by atoms with Crippen molar-refractivity contribution < 1.29 is 0 Å². The molecule has 0 amide bonds. The molecule has 0 aromatic heterocycles. The maximum Gasteiger partial charge on any atom is 0.0809 e. The second kappa shape index (κ2) is 7.31. The molecular weight excluding hydrogens is 367 g/mol. The molecule has 1 saturated carbocycles. The van der Waals surface area contributed by atoms with Gasteiger partial charge in [0.15, 0.2) is 0 Å². The van der Waals surface area contributed by atoms with Crippen LogP contribution in [-0.4, -0.2) is 6.04 Å². The number of rotatable bonds is 3. The van der Waals surface area contributed by atoms with Crippen LogP contribution in [0.4, 0.5) is 0 Å². The topological polar surface area (TPSA) is 12.0 Å². The van der Waals surface area contributed by atoms with Gasteiger partial charge >= 0.3 is 0 Å². The lowest BCUT2D eigenvalue weighted by atomic mass is 9.96. The summed E-state index contributed by atoms with van der Waals surface area (Å²) < 4.78 is 3.38. The first kappa shape index (κ1) is 16.4. The molecule has 0 radical (unpaired) electrons. The van der Waals surface area contributed by atoms with Gasteiger partial charge in [-0.1, -0.05) is 77.3 Å². The molecule has 0 bridgehead atoms. The Bertz CT molecular complexity index is 445. The van der Waals surface area contributed by atoms with Crippen LogP contribution >= 0.6 is 70.0 Å². The number of halogens is 5. The third-order valence-corrected chi connectivity index (χ3v) is 6.67. The predicted octanol–water partition coefficient (Wildman–Crippen LogP) is 6.88. The van der Waals surface area contributed by atoms with Crippen LogP contribution in [0.15, 0.2) is 4.90 Å². The van der Waals surface area contributed by atoms with Crippen molar-refractivity contribution in [2.24, 2.45) is 0 Å². The highest BCUT2D eigenvalue weighted by Gasteiger charge is 2.21. The fourth-order valence-electron chi connectivity index (χ4n) is 2.04. The van der Waals surface area contributed by atoms with E-state index in [4.69, 9.17) is 58.0 Å². The summed E-state index contributed by atoms with van der Waals surface area (Å²) in [6, 6.07) is 0.471. The van der Waals surface area contributed by atoms with E-state index in [-0.39, 0.29) is 15.1 Å². The third kappa shape index (κ3) is 3.79. The summed E-state index contributed by atoms with van der Waals surface area (Å²) in [6.07, 6.45) is 6.14. The average molecular weight is 380 g/mol. The van der Waals surface area contributed by atoms with E-state index in [0.29, 0.717) is 21.0 Å². The number of nitrogens with one attached hydrogen (secondary N) is 1. The van der Waals surface area contributed by atoms with Crippen LogP contribution in [0.2, 0.25) is 25.1 Å². The fraction of sp³-hybridized carbons (Fsp3) is 0.500. The van der Waals surface area contributed by atoms with Crippen molar-refractivity contribution in [3.8, 4) is 0 Å². The fourth-order valence-corrected chi connectivity index (χ4v) is 4.42. The van der Waals surface area contributed by atoms with E-state index < -0.39 is 0 Å². The van der Waals surface area contributed by atoms with Crippen molar-refractivity contribution in [3.63, 3.8) is 0 Å². The molecule has 1 nitrogen and oxygen atoms in total. The van der Waals surface area contributed by atoms with E-state index in [1.807, 2.05) is 0 Å². The van der Waals surface area contributed by atoms with E-state index in [0.717, 1.165) is 12.8 Å². The lowest BCUT2D eigenvalue weighted by Gasteiger charge is -2.23. The standard InChI is InChI=1S/C12H12Cl5NS/c13-7-8(14)10(16)12(11(17)9(7)15)19-18-6-4-2-1-3-5-6/h6,18H,1-5H2. The molecule has 2 rings (SSSR count). The summed E-state index contributed by atoms with van der Waals surface area (Å²) in [5.74, 6) is 0. The summed E-state index contributed by atoms with van der Waals surface area (Å²) in [5, 5.41) is 1.36. The van der Waals surface area contributed by atoms with Gasteiger partial charge in [0.1, 0.15) is 0 Å². The summed E-state index contributed by atoms with van der Waals surface area (Å²) in [6.45, 7) is 0. The molecule has 1 aromatic rings. The minimum Gasteiger partial charge on any atom is -0.257 e. The van der Waals surface area contributed by atoms with Crippen LogP contribution in [0.1, 0.15) is 32.1 Å². The Kier molecular flexibility index (Phi) is 6.29. The normalized spacial score (nSPS) is 16.9. The van der Waals surface area contributed by atoms with Gasteiger partial charge < -0.3 is 0 Å². The highest BCUT2D eigenvalue weighted by Crippen LogP contribution is 2.47. The van der Waals surface area contributed by atoms with Crippen LogP contribution in [0.25, 0.3) is 0 Å². The smallest absolute Gasteiger partial charge is 0.0809 e. The zero-order valence-electron chi connectivity index (χ0n) is 9.91. The molecule has 0 unspecified atom stereocenters. The molecule has 1 aromatic carbocycles. The molecule has 0 aliphatic heterocycles. The van der Waals surface area contributed by atoms with E-state index in [1.165, 1.54) is 31.2 Å². The maximum absolute atomic E-state index is 6.17. The lowest BCUT2D eigenvalue weighted by Crippen LogP contribution is -2.25. The number of benzene rings is 1. The van der Waals surface area contributed by atoms with Gasteiger partial charge in [0, 0.05) is 6.04 Å². The van der Waals surface area contributed by atoms with E-state index in [1.54, 1.807) is 0 Å². The molecule has 0 atom stereocenters. The van der Waals surface area contributed by atoms with Gasteiger partial charge in [-0.25, -0.2) is 0 Å². The van der Waals surface area contributed by atoms with E-state index in [2.05, 4.69) is 4.72 Å². The molecule has 0 heterocycles. The largest absolute Gasteiger partial charge is 0.257 e. The Morgan fingerprint density at radius 1 is 0.737 bits per heavy atom. The van der Waals surface area contributed by atoms with Gasteiger partial charge in [0.05, 0.1) is 30.0 Å². The first-order valence-electron chi connectivity index (χ1n) is 5.96. The highest BCUT2D eigenvalue weighted by molar-refractivity contribution is 7.97. The Labute approximate surface area is 142 Å². The Morgan fingerprint density at radius 3 is 1.74 bits per heavy atom. The van der Waals surface area contributed by atoms with Gasteiger partial charge in [-0.15, -0.1) is 0 Å². The molecule has 1 aliphatic rings. The van der Waals surface area contributed by atoms with E-state index in [9.17, 15) is 0 Å². The minimum absolute atomic E-state index is 0.195.